The van der Waals surface area contributed by atoms with Crippen LogP contribution in [0, 0.1) is 0 Å². The molecule has 0 aromatic heterocycles. The molecular weight excluding hydrogens is 414 g/mol. The van der Waals surface area contributed by atoms with Gasteiger partial charge in [0.2, 0.25) is 0 Å². The summed E-state index contributed by atoms with van der Waals surface area (Å²) in [6, 6.07) is 14.1. The van der Waals surface area contributed by atoms with Crippen LogP contribution in [0.25, 0.3) is 0 Å². The van der Waals surface area contributed by atoms with Gasteiger partial charge in [-0.25, -0.2) is 4.99 Å². The summed E-state index contributed by atoms with van der Waals surface area (Å²) < 4.78 is 10.9. The highest BCUT2D eigenvalue weighted by Crippen LogP contribution is 2.39. The van der Waals surface area contributed by atoms with E-state index >= 15 is 0 Å². The van der Waals surface area contributed by atoms with E-state index in [-0.39, 0.29) is 0 Å². The van der Waals surface area contributed by atoms with Crippen LogP contribution in [-0.4, -0.2) is 44.3 Å². The van der Waals surface area contributed by atoms with Crippen LogP contribution in [0.3, 0.4) is 0 Å². The summed E-state index contributed by atoms with van der Waals surface area (Å²) in [5.41, 5.74) is 9.23. The topological polar surface area (TPSA) is 84.1 Å². The van der Waals surface area contributed by atoms with E-state index in [4.69, 9.17) is 31.8 Å². The minimum absolute atomic E-state index is 0.330. The number of nitrogens with one attached hydrogen (secondary N) is 2. The molecule has 0 radical (unpaired) electrons. The van der Waals surface area contributed by atoms with Crippen LogP contribution < -0.4 is 21.1 Å². The van der Waals surface area contributed by atoms with Crippen LogP contribution in [0.2, 0.25) is 5.02 Å². The first-order valence-electron chi connectivity index (χ1n) is 10.3. The Bertz CT molecular complexity index is 986. The van der Waals surface area contributed by atoms with Gasteiger partial charge in [-0.1, -0.05) is 29.8 Å². The molecule has 8 heteroatoms. The van der Waals surface area contributed by atoms with Gasteiger partial charge >= 0.3 is 0 Å². The zero-order valence-corrected chi connectivity index (χ0v) is 18.6. The van der Waals surface area contributed by atoms with E-state index in [0.29, 0.717) is 16.7 Å². The summed E-state index contributed by atoms with van der Waals surface area (Å²) in [5.74, 6) is 0.914. The van der Waals surface area contributed by atoms with E-state index in [0.717, 1.165) is 49.7 Å². The average Bonchev–Trinajstić information content (AvgIpc) is 2.78. The molecule has 0 saturated carbocycles. The van der Waals surface area contributed by atoms with Crippen molar-refractivity contribution in [2.24, 2.45) is 10.7 Å². The Hall–Kier alpha value is -2.74. The Balaban J connectivity index is 1.63. The molecule has 2 aliphatic rings. The second-order valence-electron chi connectivity index (χ2n) is 7.74. The number of hydrogen-bond donors (Lipinski definition) is 3. The van der Waals surface area contributed by atoms with Crippen molar-refractivity contribution in [2.45, 2.75) is 19.1 Å². The predicted octanol–water partition coefficient (Wildman–Crippen LogP) is 3.27. The molecule has 1 saturated heterocycles. The van der Waals surface area contributed by atoms with Gasteiger partial charge in [0.05, 0.1) is 25.3 Å². The number of methoxy groups -OCH3 is 1. The Morgan fingerprint density at radius 3 is 2.68 bits per heavy atom. The minimum atomic E-state index is -0.876. The highest BCUT2D eigenvalue weighted by molar-refractivity contribution is 6.32. The fraction of sp³-hybridized carbons (Fsp3) is 0.348. The molecule has 0 amide bonds. The third-order valence-corrected chi connectivity index (χ3v) is 5.97. The molecule has 164 valence electrons. The van der Waals surface area contributed by atoms with Gasteiger partial charge in [-0.3, -0.25) is 4.90 Å². The summed E-state index contributed by atoms with van der Waals surface area (Å²) in [4.78, 5) is 7.17. The first kappa shape index (κ1) is 21.5. The maximum Gasteiger partial charge on any atom is 0.195 e. The first-order chi connectivity index (χ1) is 15.0. The molecule has 4 N–H and O–H groups in total. The highest BCUT2D eigenvalue weighted by atomic mass is 35.5. The zero-order chi connectivity index (χ0) is 21.8. The molecule has 0 spiro atoms. The van der Waals surface area contributed by atoms with Gasteiger partial charge in [0.15, 0.2) is 11.6 Å². The molecule has 4 rings (SSSR count). The monoisotopic (exact) mass is 441 g/mol. The maximum atomic E-state index is 6.26. The molecule has 1 atom stereocenters. The minimum Gasteiger partial charge on any atom is -0.495 e. The number of aliphatic imine (C=N–C) groups is 1. The van der Waals surface area contributed by atoms with Crippen molar-refractivity contribution in [3.63, 3.8) is 0 Å². The lowest BCUT2D eigenvalue weighted by molar-refractivity contribution is 0.0342. The van der Waals surface area contributed by atoms with Crippen LogP contribution in [0.5, 0.6) is 5.75 Å². The normalized spacial score (nSPS) is 21.6. The van der Waals surface area contributed by atoms with E-state index < -0.39 is 5.66 Å². The second-order valence-corrected chi connectivity index (χ2v) is 8.15. The molecule has 2 aliphatic heterocycles. The van der Waals surface area contributed by atoms with Gasteiger partial charge in [-0.2, -0.15) is 0 Å². The lowest BCUT2D eigenvalue weighted by Crippen LogP contribution is -2.44. The first-order valence-corrected chi connectivity index (χ1v) is 10.7. The van der Waals surface area contributed by atoms with Crippen molar-refractivity contribution in [2.75, 3.05) is 38.7 Å². The van der Waals surface area contributed by atoms with Crippen LogP contribution in [0.1, 0.15) is 18.1 Å². The van der Waals surface area contributed by atoms with E-state index in [1.807, 2.05) is 31.3 Å². The van der Waals surface area contributed by atoms with Crippen molar-refractivity contribution in [3.05, 3.63) is 70.4 Å². The van der Waals surface area contributed by atoms with Gasteiger partial charge in [0.25, 0.3) is 0 Å². The standard InChI is InChI=1S/C23H28ClN5O2/c1-16-14-26-22(25)28-23(16,18-5-8-20(24)21(13-18)30-2)27-19-6-3-17(4-7-19)15-29-9-11-31-12-10-29/h3-8,13-14,27H,9-12,15H2,1-2H3,(H3,25,26,28). The summed E-state index contributed by atoms with van der Waals surface area (Å²) in [6.07, 6.45) is 1.86. The Kier molecular flexibility index (Phi) is 6.36. The number of guanidine groups is 1. The van der Waals surface area contributed by atoms with Crippen molar-refractivity contribution in [1.82, 2.24) is 10.2 Å². The lowest BCUT2D eigenvalue weighted by Gasteiger charge is -2.36. The summed E-state index contributed by atoms with van der Waals surface area (Å²) >= 11 is 6.26. The number of morpholine rings is 1. The molecule has 1 unspecified atom stereocenters. The van der Waals surface area contributed by atoms with Crippen molar-refractivity contribution in [1.29, 1.82) is 0 Å². The van der Waals surface area contributed by atoms with E-state index in [1.54, 1.807) is 7.11 Å². The molecule has 0 bridgehead atoms. The van der Waals surface area contributed by atoms with Crippen LogP contribution in [0.15, 0.2) is 59.2 Å². The summed E-state index contributed by atoms with van der Waals surface area (Å²) in [7, 11) is 1.60. The molecule has 7 nitrogen and oxygen atoms in total. The number of benzene rings is 2. The molecule has 2 aromatic rings. The maximum absolute atomic E-state index is 6.26. The molecule has 2 aromatic carbocycles. The number of hydrogen-bond acceptors (Lipinski definition) is 7. The van der Waals surface area contributed by atoms with Gasteiger partial charge in [0.1, 0.15) is 5.75 Å². The molecule has 31 heavy (non-hydrogen) atoms. The summed E-state index contributed by atoms with van der Waals surface area (Å²) in [5, 5.41) is 7.12. The number of halogens is 1. The number of anilines is 1. The molecule has 0 aliphatic carbocycles. The molecular formula is C23H28ClN5O2. The van der Waals surface area contributed by atoms with E-state index in [1.165, 1.54) is 5.56 Å². The van der Waals surface area contributed by atoms with Gasteiger partial charge in [-0.15, -0.1) is 0 Å². The van der Waals surface area contributed by atoms with Crippen molar-refractivity contribution in [3.8, 4) is 5.75 Å². The molecule has 2 heterocycles. The van der Waals surface area contributed by atoms with E-state index in [9.17, 15) is 0 Å². The third kappa shape index (κ3) is 4.63. The van der Waals surface area contributed by atoms with Crippen LogP contribution >= 0.6 is 11.6 Å². The smallest absolute Gasteiger partial charge is 0.195 e. The van der Waals surface area contributed by atoms with Crippen LogP contribution in [0.4, 0.5) is 5.69 Å². The summed E-state index contributed by atoms with van der Waals surface area (Å²) in [6.45, 7) is 6.44. The molecule has 1 fully saturated rings. The fourth-order valence-corrected chi connectivity index (χ4v) is 4.08. The SMILES string of the molecule is COc1cc(C2(Nc3ccc(CN4CCOCC4)cc3)N=C(N)NC=C2C)ccc1Cl. The number of nitrogens with two attached hydrogens (primary N) is 1. The Morgan fingerprint density at radius 1 is 1.23 bits per heavy atom. The van der Waals surface area contributed by atoms with Gasteiger partial charge < -0.3 is 25.8 Å². The average molecular weight is 442 g/mol. The van der Waals surface area contributed by atoms with Crippen LogP contribution in [-0.2, 0) is 16.9 Å². The Labute approximate surface area is 187 Å². The van der Waals surface area contributed by atoms with Crippen molar-refractivity contribution >= 4 is 23.2 Å². The number of ether oxygens (including phenoxy) is 2. The Morgan fingerprint density at radius 2 is 1.97 bits per heavy atom. The number of rotatable bonds is 6. The lowest BCUT2D eigenvalue weighted by atomic mass is 9.91. The van der Waals surface area contributed by atoms with Gasteiger partial charge in [-0.05, 0) is 42.3 Å². The largest absolute Gasteiger partial charge is 0.495 e. The number of nitrogens with zero attached hydrogens (tertiary/aromatic N) is 2. The quantitative estimate of drug-likeness (QED) is 0.638. The fourth-order valence-electron chi connectivity index (χ4n) is 3.88. The second kappa shape index (κ2) is 9.18. The predicted molar refractivity (Wildman–Crippen MR) is 124 cm³/mol. The third-order valence-electron chi connectivity index (χ3n) is 5.65. The highest BCUT2D eigenvalue weighted by Gasteiger charge is 2.37. The van der Waals surface area contributed by atoms with E-state index in [2.05, 4.69) is 39.8 Å². The van der Waals surface area contributed by atoms with Gasteiger partial charge in [0, 0.05) is 37.1 Å². The van der Waals surface area contributed by atoms with Crippen molar-refractivity contribution < 1.29 is 9.47 Å². The zero-order valence-electron chi connectivity index (χ0n) is 17.8.